The minimum atomic E-state index is -2.93. The van der Waals surface area contributed by atoms with Gasteiger partial charge in [-0.3, -0.25) is 0 Å². The summed E-state index contributed by atoms with van der Waals surface area (Å²) in [5.41, 5.74) is 1.37. The van der Waals surface area contributed by atoms with Gasteiger partial charge < -0.3 is 9.47 Å². The van der Waals surface area contributed by atoms with Crippen LogP contribution in [-0.2, 0) is 9.53 Å². The molecule has 0 bridgehead atoms. The lowest BCUT2D eigenvalue weighted by Crippen LogP contribution is -2.07. The Balaban J connectivity index is 1.91. The summed E-state index contributed by atoms with van der Waals surface area (Å²) in [4.78, 5) is 16.1. The quantitative estimate of drug-likeness (QED) is 0.406. The van der Waals surface area contributed by atoms with E-state index in [2.05, 4.69) is 32.3 Å². The lowest BCUT2D eigenvalue weighted by molar-refractivity contribution is -0.129. The third-order valence-corrected chi connectivity index (χ3v) is 4.11. The van der Waals surface area contributed by atoms with E-state index >= 15 is 0 Å². The Kier molecular flexibility index (Phi) is 4.89. The fourth-order valence-corrected chi connectivity index (χ4v) is 2.62. The maximum atomic E-state index is 12.3. The third-order valence-electron chi connectivity index (χ3n) is 3.12. The molecule has 0 saturated heterocycles. The van der Waals surface area contributed by atoms with Gasteiger partial charge in [0.15, 0.2) is 5.70 Å². The molecule has 2 aromatic rings. The standard InChI is InChI=1S/C17H10F2INO3/c18-17(19)23-12-6-3-5-11(8-12)15-21-14(16(22)24-15)9-10-4-1-2-7-13(10)20/h1-9,17H/b14-9-. The van der Waals surface area contributed by atoms with Gasteiger partial charge >= 0.3 is 12.6 Å². The van der Waals surface area contributed by atoms with E-state index in [9.17, 15) is 13.6 Å². The summed E-state index contributed by atoms with van der Waals surface area (Å²) in [7, 11) is 0. The first kappa shape index (κ1) is 16.6. The molecular weight excluding hydrogens is 431 g/mol. The van der Waals surface area contributed by atoms with E-state index in [0.29, 0.717) is 5.56 Å². The zero-order valence-electron chi connectivity index (χ0n) is 12.1. The van der Waals surface area contributed by atoms with Gasteiger partial charge in [0.2, 0.25) is 5.90 Å². The van der Waals surface area contributed by atoms with Crippen molar-refractivity contribution in [1.82, 2.24) is 0 Å². The molecule has 0 atom stereocenters. The third kappa shape index (κ3) is 3.78. The van der Waals surface area contributed by atoms with E-state index in [-0.39, 0.29) is 17.3 Å². The first-order valence-electron chi connectivity index (χ1n) is 6.85. The van der Waals surface area contributed by atoms with Crippen molar-refractivity contribution in [2.24, 2.45) is 4.99 Å². The number of esters is 1. The average molecular weight is 441 g/mol. The van der Waals surface area contributed by atoms with E-state index in [1.807, 2.05) is 24.3 Å². The fourth-order valence-electron chi connectivity index (χ4n) is 2.08. The summed E-state index contributed by atoms with van der Waals surface area (Å²) >= 11 is 2.15. The molecule has 0 fully saturated rings. The monoisotopic (exact) mass is 441 g/mol. The summed E-state index contributed by atoms with van der Waals surface area (Å²) in [6.45, 7) is -2.93. The van der Waals surface area contributed by atoms with Crippen LogP contribution >= 0.6 is 22.6 Å². The topological polar surface area (TPSA) is 47.9 Å². The van der Waals surface area contributed by atoms with Gasteiger partial charge in [0.05, 0.1) is 0 Å². The highest BCUT2D eigenvalue weighted by Gasteiger charge is 2.24. The van der Waals surface area contributed by atoms with Crippen molar-refractivity contribution >= 4 is 40.5 Å². The molecule has 0 aliphatic carbocycles. The molecule has 0 spiro atoms. The molecule has 122 valence electrons. The van der Waals surface area contributed by atoms with Gasteiger partial charge in [-0.2, -0.15) is 8.78 Å². The van der Waals surface area contributed by atoms with Crippen molar-refractivity contribution in [1.29, 1.82) is 0 Å². The highest BCUT2D eigenvalue weighted by molar-refractivity contribution is 14.1. The zero-order valence-corrected chi connectivity index (χ0v) is 14.2. The smallest absolute Gasteiger partial charge is 0.387 e. The Morgan fingerprint density at radius 1 is 1.17 bits per heavy atom. The molecule has 1 aliphatic heterocycles. The van der Waals surface area contributed by atoms with E-state index < -0.39 is 12.6 Å². The lowest BCUT2D eigenvalue weighted by atomic mass is 10.2. The minimum absolute atomic E-state index is 0.0312. The van der Waals surface area contributed by atoms with Crippen LogP contribution in [0.3, 0.4) is 0 Å². The van der Waals surface area contributed by atoms with Crippen molar-refractivity contribution in [3.63, 3.8) is 0 Å². The summed E-state index contributed by atoms with van der Waals surface area (Å²) < 4.78 is 35.0. The van der Waals surface area contributed by atoms with Crippen LogP contribution in [0.4, 0.5) is 8.78 Å². The first-order valence-corrected chi connectivity index (χ1v) is 7.93. The van der Waals surface area contributed by atoms with Gasteiger partial charge in [-0.25, -0.2) is 9.79 Å². The van der Waals surface area contributed by atoms with Crippen molar-refractivity contribution in [2.75, 3.05) is 0 Å². The summed E-state index contributed by atoms with van der Waals surface area (Å²) in [5, 5.41) is 0. The number of cyclic esters (lactones) is 1. The van der Waals surface area contributed by atoms with Crippen LogP contribution in [-0.4, -0.2) is 18.5 Å². The van der Waals surface area contributed by atoms with Gasteiger partial charge in [0, 0.05) is 9.13 Å². The van der Waals surface area contributed by atoms with Gasteiger partial charge in [-0.15, -0.1) is 0 Å². The maximum absolute atomic E-state index is 12.3. The number of benzene rings is 2. The van der Waals surface area contributed by atoms with Crippen molar-refractivity contribution < 1.29 is 23.0 Å². The molecule has 0 radical (unpaired) electrons. The van der Waals surface area contributed by atoms with Gasteiger partial charge in [0.25, 0.3) is 0 Å². The average Bonchev–Trinajstić information content (AvgIpc) is 2.90. The highest BCUT2D eigenvalue weighted by Crippen LogP contribution is 2.23. The van der Waals surface area contributed by atoms with Gasteiger partial charge in [-0.1, -0.05) is 24.3 Å². The molecular formula is C17H10F2INO3. The second-order valence-electron chi connectivity index (χ2n) is 4.76. The Morgan fingerprint density at radius 3 is 2.71 bits per heavy atom. The van der Waals surface area contributed by atoms with Gasteiger partial charge in [-0.05, 0) is 58.5 Å². The predicted octanol–water partition coefficient (Wildman–Crippen LogP) is 4.24. The molecule has 0 N–H and O–H groups in total. The number of carbonyl (C=O) groups is 1. The van der Waals surface area contributed by atoms with Crippen LogP contribution in [0.5, 0.6) is 5.75 Å². The number of hydrogen-bond donors (Lipinski definition) is 0. The highest BCUT2D eigenvalue weighted by atomic mass is 127. The number of rotatable bonds is 4. The van der Waals surface area contributed by atoms with Crippen LogP contribution < -0.4 is 4.74 Å². The van der Waals surface area contributed by atoms with Crippen LogP contribution in [0.15, 0.2) is 59.2 Å². The number of hydrogen-bond acceptors (Lipinski definition) is 4. The first-order chi connectivity index (χ1) is 11.5. The minimum Gasteiger partial charge on any atom is -0.435 e. The molecule has 0 unspecified atom stereocenters. The van der Waals surface area contributed by atoms with E-state index in [0.717, 1.165) is 9.13 Å². The molecule has 3 rings (SSSR count). The van der Waals surface area contributed by atoms with Crippen molar-refractivity contribution in [2.45, 2.75) is 6.61 Å². The summed E-state index contributed by atoms with van der Waals surface area (Å²) in [5.74, 6) is -0.571. The maximum Gasteiger partial charge on any atom is 0.387 e. The molecule has 0 aromatic heterocycles. The predicted molar refractivity (Wildman–Crippen MR) is 92.8 cm³/mol. The summed E-state index contributed by atoms with van der Waals surface area (Å²) in [6.07, 6.45) is 1.62. The Bertz CT molecular complexity index is 849. The van der Waals surface area contributed by atoms with E-state index in [1.54, 1.807) is 12.1 Å². The van der Waals surface area contributed by atoms with Crippen molar-refractivity contribution in [3.8, 4) is 5.75 Å². The van der Waals surface area contributed by atoms with Crippen LogP contribution in [0, 0.1) is 3.57 Å². The van der Waals surface area contributed by atoms with E-state index in [1.165, 1.54) is 18.2 Å². The Labute approximate surface area is 149 Å². The SMILES string of the molecule is O=C1OC(c2cccc(OC(F)F)c2)=N/C1=C\c1ccccc1I. The second-order valence-corrected chi connectivity index (χ2v) is 5.93. The Morgan fingerprint density at radius 2 is 1.96 bits per heavy atom. The van der Waals surface area contributed by atoms with Crippen LogP contribution in [0.25, 0.3) is 6.08 Å². The van der Waals surface area contributed by atoms with E-state index in [4.69, 9.17) is 4.74 Å². The number of alkyl halides is 2. The molecule has 7 heteroatoms. The van der Waals surface area contributed by atoms with Crippen LogP contribution in [0.1, 0.15) is 11.1 Å². The molecule has 4 nitrogen and oxygen atoms in total. The summed E-state index contributed by atoms with van der Waals surface area (Å²) in [6, 6.07) is 13.3. The molecule has 0 amide bonds. The number of halogens is 3. The Hall–Kier alpha value is -2.29. The number of nitrogens with zero attached hydrogens (tertiary/aromatic N) is 1. The fraction of sp³-hybridized carbons (Fsp3) is 0.0588. The number of carbonyl (C=O) groups excluding carboxylic acids is 1. The molecule has 0 saturated carbocycles. The van der Waals surface area contributed by atoms with Crippen LogP contribution in [0.2, 0.25) is 0 Å². The molecule has 24 heavy (non-hydrogen) atoms. The van der Waals surface area contributed by atoms with Gasteiger partial charge in [0.1, 0.15) is 5.75 Å². The lowest BCUT2D eigenvalue weighted by Gasteiger charge is -2.05. The molecule has 1 aliphatic rings. The second kappa shape index (κ2) is 7.08. The molecule has 1 heterocycles. The largest absolute Gasteiger partial charge is 0.435 e. The van der Waals surface area contributed by atoms with Crippen molar-refractivity contribution in [3.05, 3.63) is 68.9 Å². The number of aliphatic imine (C=N–C) groups is 1. The zero-order chi connectivity index (χ0) is 17.1. The molecule has 2 aromatic carbocycles. The normalized spacial score (nSPS) is 15.6. The number of ether oxygens (including phenoxy) is 2.